The van der Waals surface area contributed by atoms with Crippen molar-refractivity contribution in [2.75, 3.05) is 25.6 Å². The highest BCUT2D eigenvalue weighted by molar-refractivity contribution is 7.16. The fourth-order valence-corrected chi connectivity index (χ4v) is 4.58. The third-order valence-corrected chi connectivity index (χ3v) is 6.01. The van der Waals surface area contributed by atoms with Gasteiger partial charge in [-0.25, -0.2) is 0 Å². The molecule has 7 nitrogen and oxygen atoms in total. The molecule has 1 aliphatic rings. The molecule has 0 saturated heterocycles. The van der Waals surface area contributed by atoms with Gasteiger partial charge in [0.15, 0.2) is 0 Å². The Bertz CT molecular complexity index is 948. The zero-order valence-corrected chi connectivity index (χ0v) is 17.1. The third-order valence-electron chi connectivity index (χ3n) is 4.87. The predicted molar refractivity (Wildman–Crippen MR) is 110 cm³/mol. The van der Waals surface area contributed by atoms with Crippen molar-refractivity contribution in [3.8, 4) is 11.8 Å². The zero-order valence-electron chi connectivity index (χ0n) is 16.2. The van der Waals surface area contributed by atoms with Gasteiger partial charge in [-0.3, -0.25) is 9.59 Å². The van der Waals surface area contributed by atoms with Crippen LogP contribution in [0.15, 0.2) is 24.3 Å². The first-order chi connectivity index (χ1) is 14.0. The molecule has 2 aromatic rings. The minimum atomic E-state index is -0.176. The second-order valence-corrected chi connectivity index (χ2v) is 7.86. The number of nitriles is 1. The number of aliphatic hydroxyl groups excluding tert-OH is 1. The number of carbonyl (C=O) groups excluding carboxylic acids is 2. The lowest BCUT2D eigenvalue weighted by atomic mass is 10.0. The van der Waals surface area contributed by atoms with Gasteiger partial charge in [0.2, 0.25) is 11.8 Å². The monoisotopic (exact) mass is 413 g/mol. The highest BCUT2D eigenvalue weighted by atomic mass is 32.1. The van der Waals surface area contributed by atoms with Gasteiger partial charge in [0.1, 0.15) is 16.8 Å². The van der Waals surface area contributed by atoms with Crippen LogP contribution in [0, 0.1) is 11.3 Å². The number of fused-ring (bicyclic) bond motifs is 1. The fourth-order valence-electron chi connectivity index (χ4n) is 3.35. The van der Waals surface area contributed by atoms with E-state index in [4.69, 9.17) is 9.84 Å². The Morgan fingerprint density at radius 1 is 1.38 bits per heavy atom. The van der Waals surface area contributed by atoms with Gasteiger partial charge >= 0.3 is 0 Å². The SMILES string of the molecule is COc1cccc(CCC(=O)Nc2sc3c(c2C#N)CCN(C(=O)CCO)C3)c1. The molecule has 0 fully saturated rings. The molecule has 3 rings (SSSR count). The van der Waals surface area contributed by atoms with E-state index < -0.39 is 0 Å². The Morgan fingerprint density at radius 2 is 2.21 bits per heavy atom. The average molecular weight is 413 g/mol. The molecule has 1 aromatic heterocycles. The molecule has 0 radical (unpaired) electrons. The van der Waals surface area contributed by atoms with E-state index in [2.05, 4.69) is 11.4 Å². The molecule has 29 heavy (non-hydrogen) atoms. The summed E-state index contributed by atoms with van der Waals surface area (Å²) in [4.78, 5) is 27.1. The maximum atomic E-state index is 12.4. The van der Waals surface area contributed by atoms with E-state index in [0.29, 0.717) is 42.9 Å². The number of amides is 2. The molecule has 8 heteroatoms. The van der Waals surface area contributed by atoms with Crippen LogP contribution in [-0.2, 0) is 29.0 Å². The number of hydrogen-bond acceptors (Lipinski definition) is 6. The molecule has 2 heterocycles. The highest BCUT2D eigenvalue weighted by Crippen LogP contribution is 2.36. The summed E-state index contributed by atoms with van der Waals surface area (Å²) in [5.74, 6) is 0.492. The van der Waals surface area contributed by atoms with Crippen LogP contribution in [0.4, 0.5) is 5.00 Å². The predicted octanol–water partition coefficient (Wildman–Crippen LogP) is 2.47. The second-order valence-electron chi connectivity index (χ2n) is 6.76. The molecule has 1 aliphatic heterocycles. The van der Waals surface area contributed by atoms with Crippen LogP contribution in [-0.4, -0.2) is 42.1 Å². The van der Waals surface area contributed by atoms with E-state index in [1.165, 1.54) is 11.3 Å². The summed E-state index contributed by atoms with van der Waals surface area (Å²) in [6.45, 7) is 0.748. The zero-order chi connectivity index (χ0) is 20.8. The smallest absolute Gasteiger partial charge is 0.225 e. The fraction of sp³-hybridized carbons (Fsp3) is 0.381. The summed E-state index contributed by atoms with van der Waals surface area (Å²) in [5, 5.41) is 22.0. The number of methoxy groups -OCH3 is 1. The van der Waals surface area contributed by atoms with Gasteiger partial charge in [0.05, 0.1) is 25.8 Å². The lowest BCUT2D eigenvalue weighted by Gasteiger charge is -2.26. The van der Waals surface area contributed by atoms with Crippen molar-refractivity contribution in [1.29, 1.82) is 5.26 Å². The van der Waals surface area contributed by atoms with Crippen LogP contribution in [0.25, 0.3) is 0 Å². The molecule has 152 valence electrons. The topological polar surface area (TPSA) is 103 Å². The molecule has 0 saturated carbocycles. The molecule has 2 N–H and O–H groups in total. The number of nitrogens with zero attached hydrogens (tertiary/aromatic N) is 2. The summed E-state index contributed by atoms with van der Waals surface area (Å²) in [7, 11) is 1.60. The van der Waals surface area contributed by atoms with Gasteiger partial charge in [0.25, 0.3) is 0 Å². The standard InChI is InChI=1S/C21H23N3O4S/c1-28-15-4-2-3-14(11-15)5-6-19(26)23-21-17(12-22)16-7-9-24(13-18(16)29-21)20(27)8-10-25/h2-4,11,25H,5-10,13H2,1H3,(H,23,26). The van der Waals surface area contributed by atoms with E-state index in [1.54, 1.807) is 12.0 Å². The van der Waals surface area contributed by atoms with E-state index in [9.17, 15) is 14.9 Å². The summed E-state index contributed by atoms with van der Waals surface area (Å²) < 4.78 is 5.20. The molecule has 0 aliphatic carbocycles. The van der Waals surface area contributed by atoms with Crippen molar-refractivity contribution in [1.82, 2.24) is 4.90 Å². The van der Waals surface area contributed by atoms with Crippen molar-refractivity contribution < 1.29 is 19.4 Å². The van der Waals surface area contributed by atoms with Crippen LogP contribution in [0.2, 0.25) is 0 Å². The molecular formula is C21H23N3O4S. The molecule has 0 atom stereocenters. The van der Waals surface area contributed by atoms with Gasteiger partial charge in [-0.15, -0.1) is 11.3 Å². The lowest BCUT2D eigenvalue weighted by molar-refractivity contribution is -0.132. The minimum Gasteiger partial charge on any atom is -0.497 e. The van der Waals surface area contributed by atoms with Crippen LogP contribution < -0.4 is 10.1 Å². The summed E-state index contributed by atoms with van der Waals surface area (Å²) in [6, 6.07) is 9.78. The molecule has 1 aromatic carbocycles. The number of benzene rings is 1. The molecule has 0 bridgehead atoms. The third kappa shape index (κ3) is 4.94. The highest BCUT2D eigenvalue weighted by Gasteiger charge is 2.27. The lowest BCUT2D eigenvalue weighted by Crippen LogP contribution is -2.35. The molecule has 2 amide bonds. The Morgan fingerprint density at radius 3 is 2.93 bits per heavy atom. The first kappa shape index (κ1) is 20.8. The number of carbonyl (C=O) groups is 2. The van der Waals surface area contributed by atoms with E-state index in [0.717, 1.165) is 21.8 Å². The quantitative estimate of drug-likeness (QED) is 0.726. The largest absolute Gasteiger partial charge is 0.497 e. The van der Waals surface area contributed by atoms with Crippen molar-refractivity contribution in [3.63, 3.8) is 0 Å². The maximum absolute atomic E-state index is 12.4. The first-order valence-corrected chi connectivity index (χ1v) is 10.2. The Kier molecular flexibility index (Phi) is 6.86. The summed E-state index contributed by atoms with van der Waals surface area (Å²) in [6.07, 6.45) is 1.53. The van der Waals surface area contributed by atoms with Crippen LogP contribution in [0.3, 0.4) is 0 Å². The number of hydrogen-bond donors (Lipinski definition) is 2. The van der Waals surface area contributed by atoms with Crippen LogP contribution in [0.1, 0.15) is 34.4 Å². The van der Waals surface area contributed by atoms with Gasteiger partial charge < -0.3 is 20.1 Å². The average Bonchev–Trinajstić information content (AvgIpc) is 3.08. The normalized spacial score (nSPS) is 12.8. The van der Waals surface area contributed by atoms with E-state index in [-0.39, 0.29) is 24.8 Å². The van der Waals surface area contributed by atoms with Crippen LogP contribution >= 0.6 is 11.3 Å². The van der Waals surface area contributed by atoms with Crippen molar-refractivity contribution in [2.24, 2.45) is 0 Å². The van der Waals surface area contributed by atoms with Gasteiger partial charge in [-0.05, 0) is 36.1 Å². The maximum Gasteiger partial charge on any atom is 0.225 e. The minimum absolute atomic E-state index is 0.0969. The number of ether oxygens (including phenoxy) is 1. The van der Waals surface area contributed by atoms with Crippen molar-refractivity contribution in [3.05, 3.63) is 45.8 Å². The Labute approximate surface area is 173 Å². The summed E-state index contributed by atoms with van der Waals surface area (Å²) >= 11 is 1.35. The second kappa shape index (κ2) is 9.54. The number of nitrogens with one attached hydrogen (secondary N) is 1. The number of rotatable bonds is 7. The first-order valence-electron chi connectivity index (χ1n) is 9.41. The number of anilines is 1. The van der Waals surface area contributed by atoms with Crippen molar-refractivity contribution in [2.45, 2.75) is 32.2 Å². The molecule has 0 unspecified atom stereocenters. The number of aryl methyl sites for hydroxylation is 1. The van der Waals surface area contributed by atoms with E-state index >= 15 is 0 Å². The Balaban J connectivity index is 1.66. The van der Waals surface area contributed by atoms with Crippen molar-refractivity contribution >= 4 is 28.2 Å². The number of aliphatic hydroxyl groups is 1. The van der Waals surface area contributed by atoms with Gasteiger partial charge in [-0.1, -0.05) is 12.1 Å². The molecule has 0 spiro atoms. The van der Waals surface area contributed by atoms with E-state index in [1.807, 2.05) is 24.3 Å². The number of thiophene rings is 1. The Hall–Kier alpha value is -2.89. The van der Waals surface area contributed by atoms with Gasteiger partial charge in [0, 0.05) is 24.3 Å². The van der Waals surface area contributed by atoms with Crippen LogP contribution in [0.5, 0.6) is 5.75 Å². The summed E-state index contributed by atoms with van der Waals surface area (Å²) in [5.41, 5.74) is 2.41. The van der Waals surface area contributed by atoms with Gasteiger partial charge in [-0.2, -0.15) is 5.26 Å². The molecular weight excluding hydrogens is 390 g/mol.